The van der Waals surface area contributed by atoms with Gasteiger partial charge < -0.3 is 4.74 Å². The van der Waals surface area contributed by atoms with Crippen molar-refractivity contribution in [3.8, 4) is 6.07 Å². The Labute approximate surface area is 215 Å². The zero-order valence-corrected chi connectivity index (χ0v) is 22.6. The summed E-state index contributed by atoms with van der Waals surface area (Å²) in [5.74, 6) is -0.755. The molecule has 0 aromatic rings. The Morgan fingerprint density at radius 1 is 1.08 bits per heavy atom. The molecule has 5 rings (SSSR count). The van der Waals surface area contributed by atoms with Crippen LogP contribution in [0.4, 0.5) is 0 Å². The number of carbonyl (C=O) groups excluding carboxylic acids is 3. The molecule has 0 N–H and O–H groups in total. The average molecular weight is 490 g/mol. The molecule has 192 valence electrons. The number of hydrogen-bond acceptors (Lipinski definition) is 5. The second kappa shape index (κ2) is 7.53. The molecule has 0 heterocycles. The SMILES string of the molecule is C=C1C(=O)C(C#N)=CC2(C)C3=CC(=O)C4C5CC(C)(C)CCC5(C(=O)OC)CCC4(C)C3(C)CCC12. The molecule has 0 amide bonds. The number of ether oxygens (including phenoxy) is 1. The van der Waals surface area contributed by atoms with Gasteiger partial charge in [0.25, 0.3) is 0 Å². The molecule has 0 aliphatic heterocycles. The second-order valence-electron chi connectivity index (χ2n) is 13.7. The Kier molecular flexibility index (Phi) is 5.26. The van der Waals surface area contributed by atoms with Crippen LogP contribution in [0.3, 0.4) is 0 Å². The van der Waals surface area contributed by atoms with Crippen LogP contribution in [0, 0.1) is 56.2 Å². The zero-order chi connectivity index (χ0) is 26.5. The van der Waals surface area contributed by atoms with Crippen molar-refractivity contribution in [3.63, 3.8) is 0 Å². The van der Waals surface area contributed by atoms with Crippen molar-refractivity contribution >= 4 is 17.5 Å². The molecular weight excluding hydrogens is 450 g/mol. The van der Waals surface area contributed by atoms with Gasteiger partial charge in [0, 0.05) is 11.3 Å². The maximum absolute atomic E-state index is 14.3. The van der Waals surface area contributed by atoms with Crippen LogP contribution < -0.4 is 0 Å². The van der Waals surface area contributed by atoms with Gasteiger partial charge in [0.05, 0.1) is 18.1 Å². The molecule has 3 saturated carbocycles. The van der Waals surface area contributed by atoms with Crippen molar-refractivity contribution in [2.75, 3.05) is 7.11 Å². The normalized spacial score (nSPS) is 45.1. The minimum absolute atomic E-state index is 0.0567. The van der Waals surface area contributed by atoms with Gasteiger partial charge in [0.2, 0.25) is 0 Å². The Morgan fingerprint density at radius 2 is 1.75 bits per heavy atom. The first-order valence-electron chi connectivity index (χ1n) is 13.4. The lowest BCUT2D eigenvalue weighted by molar-refractivity contribution is -0.189. The van der Waals surface area contributed by atoms with Crippen LogP contribution in [0.5, 0.6) is 0 Å². The van der Waals surface area contributed by atoms with Crippen LogP contribution in [0.15, 0.2) is 35.5 Å². The summed E-state index contributed by atoms with van der Waals surface area (Å²) < 4.78 is 5.38. The van der Waals surface area contributed by atoms with Gasteiger partial charge in [-0.15, -0.1) is 0 Å². The quantitative estimate of drug-likeness (QED) is 0.338. The Morgan fingerprint density at radius 3 is 2.39 bits per heavy atom. The van der Waals surface area contributed by atoms with Crippen molar-refractivity contribution < 1.29 is 19.1 Å². The first-order valence-corrected chi connectivity index (χ1v) is 13.4. The van der Waals surface area contributed by atoms with Gasteiger partial charge in [-0.05, 0) is 90.2 Å². The van der Waals surface area contributed by atoms with Gasteiger partial charge in [-0.25, -0.2) is 0 Å². The van der Waals surface area contributed by atoms with Gasteiger partial charge >= 0.3 is 5.97 Å². The highest BCUT2D eigenvalue weighted by Gasteiger charge is 2.70. The third-order valence-electron chi connectivity index (χ3n) is 11.7. The summed E-state index contributed by atoms with van der Waals surface area (Å²) in [5, 5.41) is 9.71. The number of rotatable bonds is 1. The first-order chi connectivity index (χ1) is 16.7. The number of fused-ring (bicyclic) bond motifs is 7. The topological polar surface area (TPSA) is 84.2 Å². The van der Waals surface area contributed by atoms with E-state index in [1.807, 2.05) is 12.2 Å². The van der Waals surface area contributed by atoms with E-state index >= 15 is 0 Å². The van der Waals surface area contributed by atoms with E-state index in [9.17, 15) is 19.6 Å². The van der Waals surface area contributed by atoms with E-state index in [0.29, 0.717) is 5.57 Å². The molecular formula is C31H39NO4. The van der Waals surface area contributed by atoms with Crippen molar-refractivity contribution in [2.45, 2.75) is 79.6 Å². The van der Waals surface area contributed by atoms with Crippen LogP contribution in [0.1, 0.15) is 79.6 Å². The molecule has 0 aromatic heterocycles. The molecule has 3 fully saturated rings. The lowest BCUT2D eigenvalue weighted by Gasteiger charge is -2.68. The lowest BCUT2D eigenvalue weighted by atomic mass is 9.35. The fourth-order valence-corrected chi connectivity index (χ4v) is 9.44. The minimum Gasteiger partial charge on any atom is -0.469 e. The fraction of sp³-hybridized carbons (Fsp3) is 0.677. The Bertz CT molecular complexity index is 1200. The summed E-state index contributed by atoms with van der Waals surface area (Å²) in [6, 6.07) is 2.08. The van der Waals surface area contributed by atoms with Crippen LogP contribution in [0.25, 0.3) is 0 Å². The van der Waals surface area contributed by atoms with Gasteiger partial charge in [0.1, 0.15) is 6.07 Å². The predicted octanol–water partition coefficient (Wildman–Crippen LogP) is 5.91. The molecule has 0 bridgehead atoms. The molecule has 0 spiro atoms. The highest BCUT2D eigenvalue weighted by atomic mass is 16.5. The third kappa shape index (κ3) is 2.91. The molecule has 0 saturated heterocycles. The Balaban J connectivity index is 1.70. The van der Waals surface area contributed by atoms with Crippen molar-refractivity contribution in [1.82, 2.24) is 0 Å². The first kappa shape index (κ1) is 25.2. The Hall–Kier alpha value is -2.48. The molecule has 36 heavy (non-hydrogen) atoms. The van der Waals surface area contributed by atoms with Gasteiger partial charge in [-0.2, -0.15) is 5.26 Å². The van der Waals surface area contributed by atoms with E-state index < -0.39 is 10.8 Å². The number of methoxy groups -OCH3 is 1. The molecule has 5 aliphatic carbocycles. The number of Topliss-reactive ketones (excluding diaryl/α,β-unsaturated/α-hetero) is 1. The molecule has 0 radical (unpaired) electrons. The van der Waals surface area contributed by atoms with E-state index in [4.69, 9.17) is 4.74 Å². The maximum Gasteiger partial charge on any atom is 0.312 e. The molecule has 5 aliphatic rings. The summed E-state index contributed by atoms with van der Waals surface area (Å²) in [6.07, 6.45) is 9.36. The predicted molar refractivity (Wildman–Crippen MR) is 136 cm³/mol. The number of allylic oxidation sites excluding steroid dienone is 5. The maximum atomic E-state index is 14.3. The van der Waals surface area contributed by atoms with Crippen molar-refractivity contribution in [1.29, 1.82) is 5.26 Å². The van der Waals surface area contributed by atoms with E-state index in [0.717, 1.165) is 50.5 Å². The third-order valence-corrected chi connectivity index (χ3v) is 11.7. The monoisotopic (exact) mass is 489 g/mol. The summed E-state index contributed by atoms with van der Waals surface area (Å²) >= 11 is 0. The number of carbonyl (C=O) groups is 3. The van der Waals surface area contributed by atoms with Crippen molar-refractivity contribution in [2.24, 2.45) is 44.8 Å². The van der Waals surface area contributed by atoms with E-state index in [2.05, 4.69) is 47.3 Å². The molecule has 0 aromatic carbocycles. The van der Waals surface area contributed by atoms with Gasteiger partial charge in [-0.1, -0.05) is 47.3 Å². The number of ketones is 2. The summed E-state index contributed by atoms with van der Waals surface area (Å²) in [5.41, 5.74) is -0.118. The van der Waals surface area contributed by atoms with Gasteiger partial charge in [-0.3, -0.25) is 14.4 Å². The standard InChI is InChI=1S/C31H39NO4/c1-18-20-8-9-29(5)23(28(20,4)15-19(17-32)25(18)34)14-22(33)24-21-16-27(2,3)10-12-31(21,26(35)36-7)13-11-30(24,29)6/h14-15,20-21,24H,1,8-13,16H2,2-7H3. The molecule has 7 atom stereocenters. The van der Waals surface area contributed by atoms with E-state index in [-0.39, 0.29) is 57.1 Å². The zero-order valence-electron chi connectivity index (χ0n) is 22.6. The van der Waals surface area contributed by atoms with E-state index in [1.54, 1.807) is 0 Å². The molecule has 7 unspecified atom stereocenters. The number of hydrogen-bond donors (Lipinski definition) is 0. The molecule has 5 nitrogen and oxygen atoms in total. The van der Waals surface area contributed by atoms with Crippen LogP contribution in [-0.2, 0) is 19.1 Å². The number of esters is 1. The van der Waals surface area contributed by atoms with Gasteiger partial charge in [0.15, 0.2) is 11.6 Å². The molecule has 5 heteroatoms. The summed E-state index contributed by atoms with van der Waals surface area (Å²) in [6.45, 7) is 15.2. The largest absolute Gasteiger partial charge is 0.469 e. The average Bonchev–Trinajstić information content (AvgIpc) is 2.82. The minimum atomic E-state index is -0.605. The number of nitrogens with zero attached hydrogens (tertiary/aromatic N) is 1. The van der Waals surface area contributed by atoms with Crippen molar-refractivity contribution in [3.05, 3.63) is 35.5 Å². The number of nitriles is 1. The lowest BCUT2D eigenvalue weighted by Crippen LogP contribution is -2.65. The highest BCUT2D eigenvalue weighted by Crippen LogP contribution is 2.73. The van der Waals surface area contributed by atoms with Crippen LogP contribution in [-0.4, -0.2) is 24.6 Å². The fourth-order valence-electron chi connectivity index (χ4n) is 9.44. The van der Waals surface area contributed by atoms with E-state index in [1.165, 1.54) is 7.11 Å². The second-order valence-corrected chi connectivity index (χ2v) is 13.7. The van der Waals surface area contributed by atoms with Crippen LogP contribution in [0.2, 0.25) is 0 Å². The summed E-state index contributed by atoms with van der Waals surface area (Å²) in [7, 11) is 1.47. The van der Waals surface area contributed by atoms with Crippen LogP contribution >= 0.6 is 0 Å². The highest BCUT2D eigenvalue weighted by molar-refractivity contribution is 6.12. The summed E-state index contributed by atoms with van der Waals surface area (Å²) in [4.78, 5) is 40.4. The smallest absolute Gasteiger partial charge is 0.312 e.